The standard InChI is InChI=1S/C19H22N2O2S/c1-24-18-16(10-7-12-20-18)17-11-5-6-13-21(17)19(22)23-14-15-8-3-2-4-9-15/h2-4,7-10,12,17H,5-6,11,13-14H2,1H3. The number of carbonyl (C=O) groups excluding carboxylic acids is 1. The number of hydrogen-bond donors (Lipinski definition) is 0. The zero-order chi connectivity index (χ0) is 16.8. The minimum Gasteiger partial charge on any atom is -0.445 e. The Morgan fingerprint density at radius 2 is 2.08 bits per heavy atom. The third kappa shape index (κ3) is 3.90. The van der Waals surface area contributed by atoms with Crippen LogP contribution in [0, 0.1) is 0 Å². The molecule has 126 valence electrons. The van der Waals surface area contributed by atoms with Crippen LogP contribution in [-0.2, 0) is 11.3 Å². The minimum atomic E-state index is -0.237. The number of amides is 1. The van der Waals surface area contributed by atoms with E-state index in [4.69, 9.17) is 4.74 Å². The van der Waals surface area contributed by atoms with E-state index in [9.17, 15) is 4.79 Å². The number of benzene rings is 1. The lowest BCUT2D eigenvalue weighted by Gasteiger charge is -2.35. The van der Waals surface area contributed by atoms with Crippen LogP contribution in [0.5, 0.6) is 0 Å². The van der Waals surface area contributed by atoms with Gasteiger partial charge in [0, 0.05) is 18.3 Å². The van der Waals surface area contributed by atoms with Crippen molar-refractivity contribution >= 4 is 17.9 Å². The zero-order valence-electron chi connectivity index (χ0n) is 13.9. The molecule has 1 aromatic heterocycles. The van der Waals surface area contributed by atoms with Gasteiger partial charge in [0.25, 0.3) is 0 Å². The van der Waals surface area contributed by atoms with E-state index < -0.39 is 0 Å². The van der Waals surface area contributed by atoms with Gasteiger partial charge in [-0.15, -0.1) is 11.8 Å². The van der Waals surface area contributed by atoms with Crippen LogP contribution in [0.2, 0.25) is 0 Å². The van der Waals surface area contributed by atoms with Gasteiger partial charge in [0.05, 0.1) is 6.04 Å². The maximum Gasteiger partial charge on any atom is 0.410 e. The first-order valence-corrected chi connectivity index (χ1v) is 9.48. The minimum absolute atomic E-state index is 0.0539. The molecule has 2 aromatic rings. The summed E-state index contributed by atoms with van der Waals surface area (Å²) >= 11 is 1.62. The van der Waals surface area contributed by atoms with E-state index >= 15 is 0 Å². The SMILES string of the molecule is CSc1ncccc1C1CCCCN1C(=O)OCc1ccccc1. The Morgan fingerprint density at radius 1 is 1.25 bits per heavy atom. The number of likely N-dealkylation sites (tertiary alicyclic amines) is 1. The fraction of sp³-hybridized carbons (Fsp3) is 0.368. The Bertz CT molecular complexity index is 678. The van der Waals surface area contributed by atoms with Crippen LogP contribution >= 0.6 is 11.8 Å². The van der Waals surface area contributed by atoms with E-state index in [0.717, 1.165) is 42.0 Å². The number of piperidine rings is 1. The van der Waals surface area contributed by atoms with Crippen molar-refractivity contribution in [2.24, 2.45) is 0 Å². The second-order valence-electron chi connectivity index (χ2n) is 5.85. The number of carbonyl (C=O) groups is 1. The normalized spacial score (nSPS) is 17.5. The topological polar surface area (TPSA) is 42.4 Å². The summed E-state index contributed by atoms with van der Waals surface area (Å²) in [5.74, 6) is 0. The van der Waals surface area contributed by atoms with Crippen LogP contribution < -0.4 is 0 Å². The molecule has 1 unspecified atom stereocenters. The number of nitrogens with zero attached hydrogens (tertiary/aromatic N) is 2. The fourth-order valence-electron chi connectivity index (χ4n) is 3.10. The first kappa shape index (κ1) is 16.8. The molecule has 5 heteroatoms. The van der Waals surface area contributed by atoms with Gasteiger partial charge in [0.1, 0.15) is 11.6 Å². The van der Waals surface area contributed by atoms with Crippen molar-refractivity contribution in [1.29, 1.82) is 0 Å². The second kappa shape index (κ2) is 8.20. The lowest BCUT2D eigenvalue weighted by Crippen LogP contribution is -2.39. The first-order valence-electron chi connectivity index (χ1n) is 8.26. The van der Waals surface area contributed by atoms with Crippen LogP contribution in [0.15, 0.2) is 53.7 Å². The third-order valence-corrected chi connectivity index (χ3v) is 5.02. The van der Waals surface area contributed by atoms with Crippen LogP contribution in [0.4, 0.5) is 4.79 Å². The highest BCUT2D eigenvalue weighted by Crippen LogP contribution is 2.35. The molecule has 0 spiro atoms. The molecule has 0 radical (unpaired) electrons. The Balaban J connectivity index is 1.73. The van der Waals surface area contributed by atoms with Gasteiger partial charge in [-0.25, -0.2) is 9.78 Å². The largest absolute Gasteiger partial charge is 0.445 e. The zero-order valence-corrected chi connectivity index (χ0v) is 14.7. The molecule has 1 saturated heterocycles. The molecule has 0 bridgehead atoms. The van der Waals surface area contributed by atoms with Crippen molar-refractivity contribution in [3.63, 3.8) is 0 Å². The van der Waals surface area contributed by atoms with Crippen molar-refractivity contribution in [3.8, 4) is 0 Å². The van der Waals surface area contributed by atoms with Crippen molar-refractivity contribution < 1.29 is 9.53 Å². The summed E-state index contributed by atoms with van der Waals surface area (Å²) < 4.78 is 5.55. The van der Waals surface area contributed by atoms with Gasteiger partial charge in [0.2, 0.25) is 0 Å². The number of pyridine rings is 1. The predicted octanol–water partition coefficient (Wildman–Crippen LogP) is 4.67. The van der Waals surface area contributed by atoms with E-state index in [2.05, 4.69) is 11.1 Å². The summed E-state index contributed by atoms with van der Waals surface area (Å²) in [4.78, 5) is 18.9. The molecule has 3 rings (SSSR count). The quantitative estimate of drug-likeness (QED) is 0.758. The average Bonchev–Trinajstić information content (AvgIpc) is 2.67. The molecular weight excluding hydrogens is 320 g/mol. The molecule has 0 saturated carbocycles. The van der Waals surface area contributed by atoms with E-state index in [-0.39, 0.29) is 12.1 Å². The van der Waals surface area contributed by atoms with Gasteiger partial charge in [-0.2, -0.15) is 0 Å². The van der Waals surface area contributed by atoms with Crippen LogP contribution in [0.25, 0.3) is 0 Å². The van der Waals surface area contributed by atoms with Gasteiger partial charge in [-0.05, 0) is 37.1 Å². The Hall–Kier alpha value is -2.01. The highest BCUT2D eigenvalue weighted by atomic mass is 32.2. The maximum absolute atomic E-state index is 12.6. The molecule has 1 fully saturated rings. The maximum atomic E-state index is 12.6. The predicted molar refractivity (Wildman–Crippen MR) is 95.9 cm³/mol. The van der Waals surface area contributed by atoms with Crippen LogP contribution in [0.1, 0.15) is 36.4 Å². The van der Waals surface area contributed by atoms with Crippen molar-refractivity contribution in [2.75, 3.05) is 12.8 Å². The highest BCUT2D eigenvalue weighted by Gasteiger charge is 2.30. The molecule has 1 aliphatic rings. The number of hydrogen-bond acceptors (Lipinski definition) is 4. The summed E-state index contributed by atoms with van der Waals surface area (Å²) in [5, 5.41) is 0.991. The smallest absolute Gasteiger partial charge is 0.410 e. The monoisotopic (exact) mass is 342 g/mol. The first-order chi connectivity index (χ1) is 11.8. The summed E-state index contributed by atoms with van der Waals surface area (Å²) in [7, 11) is 0. The van der Waals surface area contributed by atoms with E-state index in [1.165, 1.54) is 0 Å². The van der Waals surface area contributed by atoms with Gasteiger partial charge in [-0.1, -0.05) is 36.4 Å². The van der Waals surface area contributed by atoms with Gasteiger partial charge >= 0.3 is 6.09 Å². The van der Waals surface area contributed by atoms with Crippen molar-refractivity contribution in [1.82, 2.24) is 9.88 Å². The van der Waals surface area contributed by atoms with E-state index in [1.54, 1.807) is 18.0 Å². The van der Waals surface area contributed by atoms with Gasteiger partial charge < -0.3 is 9.64 Å². The summed E-state index contributed by atoms with van der Waals surface area (Å²) in [6.45, 7) is 1.05. The fourth-order valence-corrected chi connectivity index (χ4v) is 3.71. The molecule has 1 aromatic carbocycles. The molecular formula is C19H22N2O2S. The molecule has 0 aliphatic carbocycles. The van der Waals surface area contributed by atoms with Gasteiger partial charge in [-0.3, -0.25) is 0 Å². The molecule has 4 nitrogen and oxygen atoms in total. The molecule has 1 aliphatic heterocycles. The Kier molecular flexibility index (Phi) is 5.75. The number of rotatable bonds is 4. The highest BCUT2D eigenvalue weighted by molar-refractivity contribution is 7.98. The summed E-state index contributed by atoms with van der Waals surface area (Å²) in [6, 6.07) is 13.9. The number of aromatic nitrogens is 1. The average molecular weight is 342 g/mol. The summed E-state index contributed by atoms with van der Waals surface area (Å²) in [5.41, 5.74) is 2.13. The Morgan fingerprint density at radius 3 is 2.88 bits per heavy atom. The molecule has 1 amide bonds. The van der Waals surface area contributed by atoms with E-state index in [1.807, 2.05) is 47.6 Å². The molecule has 0 N–H and O–H groups in total. The Labute approximate surface area is 147 Å². The van der Waals surface area contributed by atoms with Crippen LogP contribution in [-0.4, -0.2) is 28.8 Å². The number of ether oxygens (including phenoxy) is 1. The lowest BCUT2D eigenvalue weighted by atomic mass is 9.97. The van der Waals surface area contributed by atoms with Crippen molar-refractivity contribution in [2.45, 2.75) is 36.9 Å². The second-order valence-corrected chi connectivity index (χ2v) is 6.64. The van der Waals surface area contributed by atoms with Crippen LogP contribution in [0.3, 0.4) is 0 Å². The van der Waals surface area contributed by atoms with Gasteiger partial charge in [0.15, 0.2) is 0 Å². The molecule has 2 heterocycles. The summed E-state index contributed by atoms with van der Waals surface area (Å²) in [6.07, 6.45) is 6.68. The third-order valence-electron chi connectivity index (χ3n) is 4.30. The van der Waals surface area contributed by atoms with E-state index in [0.29, 0.717) is 6.61 Å². The van der Waals surface area contributed by atoms with Crippen molar-refractivity contribution in [3.05, 3.63) is 59.8 Å². The lowest BCUT2D eigenvalue weighted by molar-refractivity contribution is 0.0672. The number of thioether (sulfide) groups is 1. The molecule has 1 atom stereocenters. The molecule has 24 heavy (non-hydrogen) atoms.